The first-order valence-electron chi connectivity index (χ1n) is 3.20. The molecule has 2 rings (SSSR count). The molecule has 1 aliphatic carbocycles. The Morgan fingerprint density at radius 3 is 3.10 bits per heavy atom. The highest BCUT2D eigenvalue weighted by molar-refractivity contribution is 14.0. The molecule has 0 aliphatic heterocycles. The van der Waals surface area contributed by atoms with E-state index in [4.69, 9.17) is 0 Å². The molecule has 0 spiro atoms. The number of thiophene rings is 1. The number of rotatable bonds is 0. The van der Waals surface area contributed by atoms with E-state index in [0.717, 1.165) is 0 Å². The van der Waals surface area contributed by atoms with Gasteiger partial charge in [0, 0.05) is 4.88 Å². The van der Waals surface area contributed by atoms with Crippen LogP contribution in [0.3, 0.4) is 0 Å². The van der Waals surface area contributed by atoms with Crippen molar-refractivity contribution in [3.8, 4) is 0 Å². The van der Waals surface area contributed by atoms with Crippen molar-refractivity contribution in [3.63, 3.8) is 0 Å². The van der Waals surface area contributed by atoms with E-state index in [0.29, 0.717) is 0 Å². The van der Waals surface area contributed by atoms with Gasteiger partial charge in [0.25, 0.3) is 0 Å². The molecule has 54 valence electrons. The number of hydrogen-bond donors (Lipinski definition) is 0. The summed E-state index contributed by atoms with van der Waals surface area (Å²) < 4.78 is 0. The Morgan fingerprint density at radius 1 is 1.40 bits per heavy atom. The van der Waals surface area contributed by atoms with Crippen molar-refractivity contribution in [2.45, 2.75) is 12.8 Å². The van der Waals surface area contributed by atoms with Gasteiger partial charge in [-0.05, 0) is 29.9 Å². The average molecular weight is 264 g/mol. The molecule has 1 aromatic heterocycles. The fourth-order valence-electron chi connectivity index (χ4n) is 1.13. The lowest BCUT2D eigenvalue weighted by molar-refractivity contribution is 1.01. The lowest BCUT2D eigenvalue weighted by Gasteiger charge is -2.01. The molecule has 0 radical (unpaired) electrons. The molecule has 2 heteroatoms. The summed E-state index contributed by atoms with van der Waals surface area (Å²) in [5.74, 6) is 0. The minimum absolute atomic E-state index is 0. The number of allylic oxidation sites excluding steroid dienone is 1. The van der Waals surface area contributed by atoms with Gasteiger partial charge in [-0.2, -0.15) is 0 Å². The maximum absolute atomic E-state index is 2.25. The van der Waals surface area contributed by atoms with Crippen LogP contribution in [-0.4, -0.2) is 0 Å². The van der Waals surface area contributed by atoms with E-state index in [1.165, 1.54) is 18.4 Å². The van der Waals surface area contributed by atoms with Crippen LogP contribution >= 0.6 is 35.3 Å². The van der Waals surface area contributed by atoms with Crippen LogP contribution in [0.5, 0.6) is 0 Å². The molecule has 0 atom stereocenters. The van der Waals surface area contributed by atoms with Crippen LogP contribution < -0.4 is 0 Å². The molecule has 0 aromatic carbocycles. The first-order chi connectivity index (χ1) is 4.47. The summed E-state index contributed by atoms with van der Waals surface area (Å²) in [5, 5.41) is 2.17. The fraction of sp³-hybridized carbons (Fsp3) is 0.250. The molecule has 10 heavy (non-hydrogen) atoms. The van der Waals surface area contributed by atoms with Crippen molar-refractivity contribution in [1.82, 2.24) is 0 Å². The maximum Gasteiger partial charge on any atom is 0.0120 e. The van der Waals surface area contributed by atoms with E-state index in [-0.39, 0.29) is 24.0 Å². The number of halogens is 1. The number of fused-ring (bicyclic) bond motifs is 1. The third-order valence-electron chi connectivity index (χ3n) is 1.62. The molecule has 1 heterocycles. The van der Waals surface area contributed by atoms with Gasteiger partial charge in [-0.15, -0.1) is 35.3 Å². The molecular weight excluding hydrogens is 255 g/mol. The lowest BCUT2D eigenvalue weighted by atomic mass is 10.1. The summed E-state index contributed by atoms with van der Waals surface area (Å²) in [7, 11) is 0. The van der Waals surface area contributed by atoms with E-state index in [1.807, 2.05) is 11.3 Å². The molecule has 0 fully saturated rings. The Balaban J connectivity index is 0.000000500. The van der Waals surface area contributed by atoms with E-state index in [9.17, 15) is 0 Å². The quantitative estimate of drug-likeness (QED) is 0.630. The predicted molar refractivity (Wildman–Crippen MR) is 57.1 cm³/mol. The van der Waals surface area contributed by atoms with Gasteiger partial charge in [0.05, 0.1) is 0 Å². The Hall–Kier alpha value is 0.170. The van der Waals surface area contributed by atoms with Gasteiger partial charge < -0.3 is 0 Å². The van der Waals surface area contributed by atoms with Crippen LogP contribution in [0.1, 0.15) is 16.9 Å². The first-order valence-corrected chi connectivity index (χ1v) is 4.08. The second-order valence-electron chi connectivity index (χ2n) is 2.24. The van der Waals surface area contributed by atoms with Crippen LogP contribution in [0.25, 0.3) is 6.08 Å². The monoisotopic (exact) mass is 264 g/mol. The van der Waals surface area contributed by atoms with Gasteiger partial charge in [-0.3, -0.25) is 0 Å². The third kappa shape index (κ3) is 1.42. The molecule has 1 aliphatic rings. The minimum Gasteiger partial charge on any atom is -0.148 e. The third-order valence-corrected chi connectivity index (χ3v) is 2.61. The zero-order valence-corrected chi connectivity index (χ0v) is 8.69. The number of hydrogen-bond acceptors (Lipinski definition) is 1. The SMILES string of the molecule is C1=Cc2ccsc2CC1.I. The minimum atomic E-state index is 0. The van der Waals surface area contributed by atoms with Gasteiger partial charge in [0.15, 0.2) is 0 Å². The van der Waals surface area contributed by atoms with E-state index in [2.05, 4.69) is 23.6 Å². The van der Waals surface area contributed by atoms with Gasteiger partial charge >= 0.3 is 0 Å². The van der Waals surface area contributed by atoms with Gasteiger partial charge in [-0.1, -0.05) is 12.2 Å². The second-order valence-corrected chi connectivity index (χ2v) is 3.24. The normalized spacial score (nSPS) is 14.0. The topological polar surface area (TPSA) is 0 Å². The molecule has 0 saturated heterocycles. The predicted octanol–water partition coefficient (Wildman–Crippen LogP) is 3.33. The van der Waals surface area contributed by atoms with Crippen molar-refractivity contribution < 1.29 is 0 Å². The van der Waals surface area contributed by atoms with Crippen LogP contribution in [0.15, 0.2) is 17.5 Å². The van der Waals surface area contributed by atoms with Gasteiger partial charge in [0.1, 0.15) is 0 Å². The van der Waals surface area contributed by atoms with Crippen molar-refractivity contribution in [2.24, 2.45) is 0 Å². The highest BCUT2D eigenvalue weighted by Crippen LogP contribution is 2.23. The zero-order chi connectivity index (χ0) is 6.10. The standard InChI is InChI=1S/C8H8S.HI/c1-2-4-8-7(3-1)5-6-9-8;/h1,3,5-6H,2,4H2;1H. The number of aryl methyl sites for hydroxylation is 1. The zero-order valence-electron chi connectivity index (χ0n) is 5.54. The van der Waals surface area contributed by atoms with Crippen molar-refractivity contribution >= 4 is 41.4 Å². The van der Waals surface area contributed by atoms with Crippen molar-refractivity contribution in [2.75, 3.05) is 0 Å². The second kappa shape index (κ2) is 3.53. The van der Waals surface area contributed by atoms with Crippen LogP contribution in [-0.2, 0) is 6.42 Å². The molecule has 0 saturated carbocycles. The molecule has 0 unspecified atom stereocenters. The van der Waals surface area contributed by atoms with Crippen LogP contribution in [0.4, 0.5) is 0 Å². The summed E-state index contributed by atoms with van der Waals surface area (Å²) in [6, 6.07) is 2.19. The van der Waals surface area contributed by atoms with Crippen LogP contribution in [0.2, 0.25) is 0 Å². The molecular formula is C8H9IS. The summed E-state index contributed by atoms with van der Waals surface area (Å²) in [5.41, 5.74) is 1.44. The molecule has 0 N–H and O–H groups in total. The summed E-state index contributed by atoms with van der Waals surface area (Å²) >= 11 is 1.87. The smallest absolute Gasteiger partial charge is 0.0120 e. The summed E-state index contributed by atoms with van der Waals surface area (Å²) in [6.45, 7) is 0. The molecule has 0 amide bonds. The fourth-order valence-corrected chi connectivity index (χ4v) is 2.01. The highest BCUT2D eigenvalue weighted by Gasteiger charge is 2.02. The Morgan fingerprint density at radius 2 is 2.30 bits per heavy atom. The maximum atomic E-state index is 2.25. The molecule has 1 aromatic rings. The van der Waals surface area contributed by atoms with E-state index < -0.39 is 0 Å². The summed E-state index contributed by atoms with van der Waals surface area (Å²) in [4.78, 5) is 1.55. The average Bonchev–Trinajstić information content (AvgIpc) is 2.33. The Labute approximate surface area is 82.0 Å². The summed E-state index contributed by atoms with van der Waals surface area (Å²) in [6.07, 6.45) is 6.95. The Bertz CT molecular complexity index is 237. The first kappa shape index (κ1) is 8.27. The lowest BCUT2D eigenvalue weighted by Crippen LogP contribution is -1.85. The van der Waals surface area contributed by atoms with Gasteiger partial charge in [-0.25, -0.2) is 0 Å². The molecule has 0 bridgehead atoms. The highest BCUT2D eigenvalue weighted by atomic mass is 127. The Kier molecular flexibility index (Phi) is 2.92. The van der Waals surface area contributed by atoms with Gasteiger partial charge in [0.2, 0.25) is 0 Å². The van der Waals surface area contributed by atoms with Crippen molar-refractivity contribution in [1.29, 1.82) is 0 Å². The van der Waals surface area contributed by atoms with Crippen molar-refractivity contribution in [3.05, 3.63) is 28.0 Å². The largest absolute Gasteiger partial charge is 0.148 e. The van der Waals surface area contributed by atoms with E-state index in [1.54, 1.807) is 4.88 Å². The molecule has 0 nitrogen and oxygen atoms in total. The van der Waals surface area contributed by atoms with Crippen LogP contribution in [0, 0.1) is 0 Å². The van der Waals surface area contributed by atoms with E-state index >= 15 is 0 Å².